The highest BCUT2D eigenvalue weighted by atomic mass is 32.2. The predicted octanol–water partition coefficient (Wildman–Crippen LogP) is 6.53. The van der Waals surface area contributed by atoms with Gasteiger partial charge in [0.2, 0.25) is 0 Å². The number of phenolic OH excluding ortho intramolecular Hbond substituents is 1. The first-order valence-corrected chi connectivity index (χ1v) is 9.46. The maximum absolute atomic E-state index is 10.0. The maximum Gasteiger partial charge on any atom is 0.129 e. The van der Waals surface area contributed by atoms with Crippen LogP contribution in [0.1, 0.15) is 78.2 Å². The Hall–Kier alpha value is -0.630. The van der Waals surface area contributed by atoms with E-state index in [-0.39, 0.29) is 5.41 Å². The fourth-order valence-corrected chi connectivity index (χ4v) is 3.31. The van der Waals surface area contributed by atoms with Crippen LogP contribution in [0.25, 0.3) is 0 Å². The highest BCUT2D eigenvalue weighted by molar-refractivity contribution is 7.99. The Morgan fingerprint density at radius 3 is 2.33 bits per heavy atom. The Morgan fingerprint density at radius 1 is 1.00 bits per heavy atom. The van der Waals surface area contributed by atoms with Crippen LogP contribution in [-0.2, 0) is 5.41 Å². The Morgan fingerprint density at radius 2 is 1.67 bits per heavy atom. The van der Waals surface area contributed by atoms with Gasteiger partial charge in [0.15, 0.2) is 0 Å². The van der Waals surface area contributed by atoms with Crippen LogP contribution in [0.5, 0.6) is 5.75 Å². The molecule has 0 saturated carbocycles. The van der Waals surface area contributed by atoms with Crippen molar-refractivity contribution in [3.05, 3.63) is 23.8 Å². The van der Waals surface area contributed by atoms with Gasteiger partial charge in [-0.2, -0.15) is 0 Å². The van der Waals surface area contributed by atoms with Crippen molar-refractivity contribution in [2.45, 2.75) is 83.0 Å². The van der Waals surface area contributed by atoms with Gasteiger partial charge in [-0.25, -0.2) is 0 Å². The van der Waals surface area contributed by atoms with Crippen molar-refractivity contribution in [1.82, 2.24) is 0 Å². The number of benzene rings is 1. The summed E-state index contributed by atoms with van der Waals surface area (Å²) in [5, 5.41) is 10.0. The van der Waals surface area contributed by atoms with Crippen molar-refractivity contribution < 1.29 is 5.11 Å². The van der Waals surface area contributed by atoms with Crippen molar-refractivity contribution in [2.24, 2.45) is 0 Å². The molecular formula is C19H32OS. The van der Waals surface area contributed by atoms with E-state index in [0.717, 1.165) is 17.1 Å². The lowest BCUT2D eigenvalue weighted by atomic mass is 9.82. The largest absolute Gasteiger partial charge is 0.507 e. The third-order valence-electron chi connectivity index (χ3n) is 4.38. The van der Waals surface area contributed by atoms with E-state index in [2.05, 4.69) is 39.8 Å². The van der Waals surface area contributed by atoms with Gasteiger partial charge in [-0.3, -0.25) is 0 Å². The average molecular weight is 309 g/mol. The second-order valence-electron chi connectivity index (χ2n) is 6.54. The molecule has 0 aliphatic carbocycles. The van der Waals surface area contributed by atoms with Gasteiger partial charge < -0.3 is 5.11 Å². The van der Waals surface area contributed by atoms with E-state index in [1.54, 1.807) is 11.8 Å². The van der Waals surface area contributed by atoms with E-state index in [9.17, 15) is 5.11 Å². The van der Waals surface area contributed by atoms with Gasteiger partial charge in [-0.15, -0.1) is 11.8 Å². The summed E-state index contributed by atoms with van der Waals surface area (Å²) >= 11 is 1.80. The summed E-state index contributed by atoms with van der Waals surface area (Å²) in [6.07, 6.45) is 9.06. The average Bonchev–Trinajstić information content (AvgIpc) is 2.47. The zero-order chi connectivity index (χ0) is 15.7. The lowest BCUT2D eigenvalue weighted by Gasteiger charge is -2.24. The summed E-state index contributed by atoms with van der Waals surface area (Å²) in [6.45, 7) is 9.00. The Labute approximate surface area is 135 Å². The minimum atomic E-state index is 0.184. The van der Waals surface area contributed by atoms with Crippen LogP contribution in [0, 0.1) is 0 Å². The summed E-state index contributed by atoms with van der Waals surface area (Å²) in [5.41, 5.74) is 1.51. The molecule has 0 unspecified atom stereocenters. The van der Waals surface area contributed by atoms with Crippen molar-refractivity contribution >= 4 is 11.8 Å². The van der Waals surface area contributed by atoms with Crippen molar-refractivity contribution in [3.63, 3.8) is 0 Å². The van der Waals surface area contributed by atoms with Gasteiger partial charge in [0.05, 0.1) is 0 Å². The molecule has 0 atom stereocenters. The minimum absolute atomic E-state index is 0.184. The molecule has 0 aliphatic rings. The first kappa shape index (κ1) is 18.4. The molecule has 0 aromatic heterocycles. The molecule has 0 spiro atoms. The predicted molar refractivity (Wildman–Crippen MR) is 95.5 cm³/mol. The number of aromatic hydroxyl groups is 1. The normalized spacial score (nSPS) is 11.8. The first-order chi connectivity index (χ1) is 10.0. The third-order valence-corrected chi connectivity index (χ3v) is 5.51. The molecule has 0 radical (unpaired) electrons. The molecule has 2 heteroatoms. The van der Waals surface area contributed by atoms with Gasteiger partial charge in [0.1, 0.15) is 5.75 Å². The molecule has 1 aromatic rings. The number of hydrogen-bond acceptors (Lipinski definition) is 2. The van der Waals surface area contributed by atoms with Crippen LogP contribution in [0.2, 0.25) is 0 Å². The molecule has 1 rings (SSSR count). The molecule has 0 aliphatic heterocycles. The van der Waals surface area contributed by atoms with E-state index in [0.29, 0.717) is 5.75 Å². The summed E-state index contributed by atoms with van der Waals surface area (Å²) in [7, 11) is 0. The number of hydrogen-bond donors (Lipinski definition) is 1. The zero-order valence-electron chi connectivity index (χ0n) is 14.2. The molecule has 0 fully saturated rings. The molecule has 0 bridgehead atoms. The monoisotopic (exact) mass is 308 g/mol. The van der Waals surface area contributed by atoms with E-state index in [1.165, 1.54) is 44.1 Å². The van der Waals surface area contributed by atoms with Gasteiger partial charge in [-0.05, 0) is 41.7 Å². The smallest absolute Gasteiger partial charge is 0.129 e. The first-order valence-electron chi connectivity index (χ1n) is 8.47. The molecule has 0 saturated heterocycles. The summed E-state index contributed by atoms with van der Waals surface area (Å²) in [5.74, 6) is 1.54. The van der Waals surface area contributed by atoms with Crippen molar-refractivity contribution in [3.8, 4) is 5.75 Å². The maximum atomic E-state index is 10.0. The molecule has 0 amide bonds. The fourth-order valence-electron chi connectivity index (χ4n) is 2.32. The topological polar surface area (TPSA) is 20.2 Å². The third kappa shape index (κ3) is 6.34. The number of rotatable bonds is 10. The number of unbranched alkanes of at least 4 members (excludes halogenated alkanes) is 5. The molecule has 1 aromatic carbocycles. The van der Waals surface area contributed by atoms with Crippen LogP contribution in [0.3, 0.4) is 0 Å². The summed E-state index contributed by atoms with van der Waals surface area (Å²) in [6, 6.07) is 6.10. The van der Waals surface area contributed by atoms with E-state index in [4.69, 9.17) is 0 Å². The van der Waals surface area contributed by atoms with E-state index < -0.39 is 0 Å². The van der Waals surface area contributed by atoms with Gasteiger partial charge in [-0.1, -0.05) is 65.9 Å². The van der Waals surface area contributed by atoms with Crippen LogP contribution >= 0.6 is 11.8 Å². The van der Waals surface area contributed by atoms with Crippen LogP contribution in [-0.4, -0.2) is 10.9 Å². The standard InChI is InChI=1S/C19H32OS/c1-5-7-8-9-10-11-14-21-18-15-16(12-13-17(18)20)19(3,4)6-2/h12-13,15,20H,5-11,14H2,1-4H3. The Kier molecular flexibility index (Phi) is 8.24. The fraction of sp³-hybridized carbons (Fsp3) is 0.684. The highest BCUT2D eigenvalue weighted by Gasteiger charge is 2.19. The molecule has 120 valence electrons. The second kappa shape index (κ2) is 9.40. The number of thioether (sulfide) groups is 1. The van der Waals surface area contributed by atoms with Crippen LogP contribution in [0.4, 0.5) is 0 Å². The Bertz CT molecular complexity index is 412. The molecule has 1 N–H and O–H groups in total. The summed E-state index contributed by atoms with van der Waals surface area (Å²) < 4.78 is 0. The van der Waals surface area contributed by atoms with Crippen LogP contribution < -0.4 is 0 Å². The highest BCUT2D eigenvalue weighted by Crippen LogP contribution is 2.35. The van der Waals surface area contributed by atoms with Gasteiger partial charge in [0.25, 0.3) is 0 Å². The Balaban J connectivity index is 2.46. The van der Waals surface area contributed by atoms with Crippen molar-refractivity contribution in [1.29, 1.82) is 0 Å². The minimum Gasteiger partial charge on any atom is -0.507 e. The summed E-state index contributed by atoms with van der Waals surface area (Å²) in [4.78, 5) is 1.04. The van der Waals surface area contributed by atoms with E-state index in [1.807, 2.05) is 6.07 Å². The van der Waals surface area contributed by atoms with Gasteiger partial charge >= 0.3 is 0 Å². The molecule has 1 nitrogen and oxygen atoms in total. The quantitative estimate of drug-likeness (QED) is 0.391. The zero-order valence-corrected chi connectivity index (χ0v) is 15.1. The lowest BCUT2D eigenvalue weighted by Crippen LogP contribution is -2.15. The SMILES string of the molecule is CCCCCCCCSc1cc(C(C)(C)CC)ccc1O. The number of phenols is 1. The second-order valence-corrected chi connectivity index (χ2v) is 7.67. The van der Waals surface area contributed by atoms with E-state index >= 15 is 0 Å². The lowest BCUT2D eigenvalue weighted by molar-refractivity contribution is 0.458. The van der Waals surface area contributed by atoms with Crippen molar-refractivity contribution in [2.75, 3.05) is 5.75 Å². The molecule has 21 heavy (non-hydrogen) atoms. The van der Waals surface area contributed by atoms with Crippen LogP contribution in [0.15, 0.2) is 23.1 Å². The van der Waals surface area contributed by atoms with Gasteiger partial charge in [0, 0.05) is 4.90 Å². The molecule has 0 heterocycles. The molecular weight excluding hydrogens is 276 g/mol.